The normalized spacial score (nSPS) is 12.9. The Bertz CT molecular complexity index is 896. The zero-order valence-electron chi connectivity index (χ0n) is 15.9. The molecule has 0 aliphatic heterocycles. The molecule has 0 saturated heterocycles. The first kappa shape index (κ1) is 19.3. The van der Waals surface area contributed by atoms with Gasteiger partial charge in [0.1, 0.15) is 6.04 Å². The first-order valence-corrected chi connectivity index (χ1v) is 9.19. The van der Waals surface area contributed by atoms with Crippen molar-refractivity contribution in [1.29, 1.82) is 0 Å². The number of amides is 2. The van der Waals surface area contributed by atoms with E-state index in [1.54, 1.807) is 4.68 Å². The van der Waals surface area contributed by atoms with Crippen molar-refractivity contribution in [3.8, 4) is 17.1 Å². The molecule has 7 heteroatoms. The summed E-state index contributed by atoms with van der Waals surface area (Å²) in [6, 6.07) is 18.2. The van der Waals surface area contributed by atoms with Gasteiger partial charge >= 0.3 is 0 Å². The third-order valence-electron chi connectivity index (χ3n) is 4.65. The van der Waals surface area contributed by atoms with Crippen LogP contribution in [0.1, 0.15) is 30.9 Å². The molecule has 0 saturated carbocycles. The number of primary amides is 1. The average Bonchev–Trinajstić information content (AvgIpc) is 3.18. The largest absolute Gasteiger partial charge is 0.368 e. The van der Waals surface area contributed by atoms with E-state index in [4.69, 9.17) is 5.73 Å². The second-order valence-corrected chi connectivity index (χ2v) is 6.61. The maximum absolute atomic E-state index is 12.8. The van der Waals surface area contributed by atoms with Gasteiger partial charge in [0.25, 0.3) is 5.91 Å². The molecule has 2 amide bonds. The maximum atomic E-state index is 12.8. The molecule has 28 heavy (non-hydrogen) atoms. The van der Waals surface area contributed by atoms with Gasteiger partial charge < -0.3 is 11.1 Å². The van der Waals surface area contributed by atoms with Gasteiger partial charge in [-0.15, -0.1) is 5.10 Å². The van der Waals surface area contributed by atoms with Crippen LogP contribution in [0.4, 0.5) is 0 Å². The van der Waals surface area contributed by atoms with Crippen LogP contribution in [0.2, 0.25) is 0 Å². The van der Waals surface area contributed by atoms with Crippen molar-refractivity contribution < 1.29 is 9.59 Å². The van der Waals surface area contributed by atoms with Crippen molar-refractivity contribution >= 4 is 11.8 Å². The van der Waals surface area contributed by atoms with Crippen molar-refractivity contribution in [2.24, 2.45) is 11.7 Å². The molecule has 0 radical (unpaired) electrons. The van der Waals surface area contributed by atoms with Gasteiger partial charge in [0.2, 0.25) is 11.7 Å². The Morgan fingerprint density at radius 3 is 2.25 bits per heavy atom. The minimum Gasteiger partial charge on any atom is -0.368 e. The molecule has 2 unspecified atom stereocenters. The first-order valence-electron chi connectivity index (χ1n) is 9.19. The van der Waals surface area contributed by atoms with Gasteiger partial charge in [-0.1, -0.05) is 68.8 Å². The van der Waals surface area contributed by atoms with Crippen LogP contribution in [0, 0.1) is 5.92 Å². The van der Waals surface area contributed by atoms with E-state index in [1.807, 2.05) is 74.5 Å². The number of aromatic nitrogens is 3. The lowest BCUT2D eigenvalue weighted by molar-refractivity contribution is -0.120. The van der Waals surface area contributed by atoms with Crippen molar-refractivity contribution in [2.75, 3.05) is 0 Å². The third kappa shape index (κ3) is 4.09. The molecule has 144 valence electrons. The summed E-state index contributed by atoms with van der Waals surface area (Å²) in [6.07, 6.45) is 0.703. The van der Waals surface area contributed by atoms with E-state index in [0.717, 1.165) is 11.3 Å². The van der Waals surface area contributed by atoms with Crippen LogP contribution >= 0.6 is 0 Å². The van der Waals surface area contributed by atoms with E-state index in [1.165, 1.54) is 0 Å². The molecular weight excluding hydrogens is 354 g/mol. The van der Waals surface area contributed by atoms with E-state index in [2.05, 4.69) is 15.4 Å². The predicted octanol–water partition coefficient (Wildman–Crippen LogP) is 2.56. The summed E-state index contributed by atoms with van der Waals surface area (Å²) in [5.41, 5.74) is 7.06. The zero-order chi connectivity index (χ0) is 20.1. The lowest BCUT2D eigenvalue weighted by atomic mass is 9.98. The van der Waals surface area contributed by atoms with Crippen molar-refractivity contribution in [2.45, 2.75) is 26.3 Å². The van der Waals surface area contributed by atoms with Crippen LogP contribution in [0.3, 0.4) is 0 Å². The second kappa shape index (κ2) is 8.47. The zero-order valence-corrected chi connectivity index (χ0v) is 15.9. The fourth-order valence-electron chi connectivity index (χ4n) is 2.87. The summed E-state index contributed by atoms with van der Waals surface area (Å²) in [5, 5.41) is 7.07. The SMILES string of the molecule is CCC(C)C(NC(=O)c1nc(-c2ccccc2)n(-c2ccccc2)n1)C(N)=O. The van der Waals surface area contributed by atoms with Crippen molar-refractivity contribution in [1.82, 2.24) is 20.1 Å². The molecule has 7 nitrogen and oxygen atoms in total. The number of nitrogens with one attached hydrogen (secondary N) is 1. The highest BCUT2D eigenvalue weighted by atomic mass is 16.2. The van der Waals surface area contributed by atoms with E-state index >= 15 is 0 Å². The molecule has 0 aliphatic rings. The Labute approximate surface area is 163 Å². The lowest BCUT2D eigenvalue weighted by Crippen LogP contribution is -2.48. The van der Waals surface area contributed by atoms with Crippen molar-refractivity contribution in [3.05, 3.63) is 66.5 Å². The van der Waals surface area contributed by atoms with Gasteiger partial charge in [-0.3, -0.25) is 9.59 Å². The molecule has 2 atom stereocenters. The summed E-state index contributed by atoms with van der Waals surface area (Å²) in [6.45, 7) is 3.80. The Morgan fingerprint density at radius 2 is 1.68 bits per heavy atom. The highest BCUT2D eigenvalue weighted by Gasteiger charge is 2.27. The summed E-state index contributed by atoms with van der Waals surface area (Å²) < 4.78 is 1.62. The van der Waals surface area contributed by atoms with E-state index in [9.17, 15) is 9.59 Å². The number of hydrogen-bond acceptors (Lipinski definition) is 4. The van der Waals surface area contributed by atoms with E-state index < -0.39 is 17.9 Å². The number of nitrogens with zero attached hydrogens (tertiary/aromatic N) is 3. The minimum absolute atomic E-state index is 0.0164. The first-order chi connectivity index (χ1) is 13.5. The second-order valence-electron chi connectivity index (χ2n) is 6.61. The van der Waals surface area contributed by atoms with Crippen LogP contribution in [-0.4, -0.2) is 32.6 Å². The molecule has 0 fully saturated rings. The lowest BCUT2D eigenvalue weighted by Gasteiger charge is -2.20. The number of carbonyl (C=O) groups excluding carboxylic acids is 2. The number of benzene rings is 2. The molecule has 3 aromatic rings. The molecule has 0 aliphatic carbocycles. The van der Waals surface area contributed by atoms with Gasteiger partial charge in [-0.25, -0.2) is 9.67 Å². The topological polar surface area (TPSA) is 103 Å². The quantitative estimate of drug-likeness (QED) is 0.660. The number of nitrogens with two attached hydrogens (primary N) is 1. The van der Waals surface area contributed by atoms with Crippen LogP contribution in [0.15, 0.2) is 60.7 Å². The van der Waals surface area contributed by atoms with Gasteiger partial charge in [0.15, 0.2) is 5.82 Å². The summed E-state index contributed by atoms with van der Waals surface area (Å²) in [4.78, 5) is 28.9. The third-order valence-corrected chi connectivity index (χ3v) is 4.65. The molecule has 1 aromatic heterocycles. The summed E-state index contributed by atoms with van der Waals surface area (Å²) in [7, 11) is 0. The van der Waals surface area contributed by atoms with E-state index in [0.29, 0.717) is 12.2 Å². The summed E-state index contributed by atoms with van der Waals surface area (Å²) in [5.74, 6) is -0.677. The van der Waals surface area contributed by atoms with Gasteiger partial charge in [-0.05, 0) is 18.1 Å². The van der Waals surface area contributed by atoms with Crippen LogP contribution in [0.25, 0.3) is 17.1 Å². The maximum Gasteiger partial charge on any atom is 0.291 e. The van der Waals surface area contributed by atoms with Crippen molar-refractivity contribution in [3.63, 3.8) is 0 Å². The van der Waals surface area contributed by atoms with Gasteiger partial charge in [-0.2, -0.15) is 0 Å². The Kier molecular flexibility index (Phi) is 5.84. The monoisotopic (exact) mass is 377 g/mol. The standard InChI is InChI=1S/C21H23N5O2/c1-3-14(2)17(18(22)27)23-21(28)19-24-20(15-10-6-4-7-11-15)26(25-19)16-12-8-5-9-13-16/h4-14,17H,3H2,1-2H3,(H2,22,27)(H,23,28). The number of carbonyl (C=O) groups is 2. The molecule has 2 aromatic carbocycles. The molecule has 1 heterocycles. The smallest absolute Gasteiger partial charge is 0.291 e. The number of para-hydroxylation sites is 1. The fourth-order valence-corrected chi connectivity index (χ4v) is 2.87. The predicted molar refractivity (Wildman–Crippen MR) is 107 cm³/mol. The Hall–Kier alpha value is -3.48. The van der Waals surface area contributed by atoms with Gasteiger partial charge in [0, 0.05) is 5.56 Å². The molecule has 3 rings (SSSR count). The average molecular weight is 377 g/mol. The molecule has 0 spiro atoms. The highest BCUT2D eigenvalue weighted by molar-refractivity contribution is 5.95. The Morgan fingerprint density at radius 1 is 1.07 bits per heavy atom. The molecule has 3 N–H and O–H groups in total. The van der Waals surface area contributed by atoms with Crippen LogP contribution < -0.4 is 11.1 Å². The van der Waals surface area contributed by atoms with Crippen LogP contribution in [-0.2, 0) is 4.79 Å². The highest BCUT2D eigenvalue weighted by Crippen LogP contribution is 2.21. The number of rotatable bonds is 7. The number of hydrogen-bond donors (Lipinski definition) is 2. The van der Waals surface area contributed by atoms with E-state index in [-0.39, 0.29) is 11.7 Å². The Balaban J connectivity index is 1.99. The minimum atomic E-state index is -0.777. The van der Waals surface area contributed by atoms with Crippen LogP contribution in [0.5, 0.6) is 0 Å². The van der Waals surface area contributed by atoms with Gasteiger partial charge in [0.05, 0.1) is 5.69 Å². The summed E-state index contributed by atoms with van der Waals surface area (Å²) >= 11 is 0. The fraction of sp³-hybridized carbons (Fsp3) is 0.238. The molecule has 0 bridgehead atoms. The molecular formula is C21H23N5O2.